The smallest absolute Gasteiger partial charge is 0.271 e. The molecule has 0 radical (unpaired) electrons. The van der Waals surface area contributed by atoms with Crippen molar-refractivity contribution in [3.8, 4) is 16.9 Å². The van der Waals surface area contributed by atoms with Crippen LogP contribution in [0.4, 0.5) is 0 Å². The summed E-state index contributed by atoms with van der Waals surface area (Å²) in [5.74, 6) is 0.937. The van der Waals surface area contributed by atoms with Gasteiger partial charge in [-0.25, -0.2) is 4.98 Å². The highest BCUT2D eigenvalue weighted by molar-refractivity contribution is 6.31. The zero-order chi connectivity index (χ0) is 19.6. The Morgan fingerprint density at radius 2 is 1.78 bits per heavy atom. The first kappa shape index (κ1) is 19.5. The normalized spacial score (nSPS) is 11.0. The zero-order valence-electron chi connectivity index (χ0n) is 15.5. The minimum absolute atomic E-state index is 0.240. The van der Waals surface area contributed by atoms with Crippen LogP contribution in [0.2, 0.25) is 10.0 Å². The number of halogens is 2. The summed E-state index contributed by atoms with van der Waals surface area (Å²) in [6.07, 6.45) is 0.719. The molecule has 6 heteroatoms. The fraction of sp³-hybridized carbons (Fsp3) is 0.238. The van der Waals surface area contributed by atoms with Crippen LogP contribution in [-0.2, 0) is 6.42 Å². The van der Waals surface area contributed by atoms with E-state index in [2.05, 4.69) is 19.2 Å². The molecule has 0 fully saturated rings. The van der Waals surface area contributed by atoms with E-state index in [0.29, 0.717) is 27.4 Å². The number of aromatic nitrogens is 2. The quantitative estimate of drug-likeness (QED) is 0.621. The van der Waals surface area contributed by atoms with Crippen LogP contribution in [0.15, 0.2) is 48.5 Å². The minimum Gasteiger partial charge on any atom is -0.354 e. The van der Waals surface area contributed by atoms with Gasteiger partial charge in [-0.15, -0.1) is 0 Å². The van der Waals surface area contributed by atoms with Gasteiger partial charge in [-0.1, -0.05) is 55.2 Å². The second-order valence-electron chi connectivity index (χ2n) is 6.73. The summed E-state index contributed by atoms with van der Waals surface area (Å²) < 4.78 is 2.00. The molecule has 1 aromatic heterocycles. The molecule has 0 aliphatic heterocycles. The maximum Gasteiger partial charge on any atom is 0.271 e. The Hall–Kier alpha value is -2.30. The molecule has 1 amide bonds. The molecule has 3 rings (SSSR count). The molecule has 1 heterocycles. The first-order valence-electron chi connectivity index (χ1n) is 8.76. The van der Waals surface area contributed by atoms with Crippen molar-refractivity contribution in [1.29, 1.82) is 0 Å². The van der Waals surface area contributed by atoms with E-state index >= 15 is 0 Å². The highest BCUT2D eigenvalue weighted by Gasteiger charge is 2.24. The van der Waals surface area contributed by atoms with E-state index in [1.54, 1.807) is 13.1 Å². The standard InChI is InChI=1S/C21H21Cl2N3O/c1-13(2)10-18-25-19(21(27)24-3)20(14-6-4-7-15(22)11-14)26(18)17-9-5-8-16(23)12-17/h4-9,11-13H,10H2,1-3H3,(H,24,27). The molecular weight excluding hydrogens is 381 g/mol. The molecule has 2 aromatic carbocycles. The highest BCUT2D eigenvalue weighted by Crippen LogP contribution is 2.32. The first-order valence-corrected chi connectivity index (χ1v) is 9.52. The van der Waals surface area contributed by atoms with Crippen molar-refractivity contribution in [2.24, 2.45) is 5.92 Å². The Balaban J connectivity index is 2.36. The predicted molar refractivity (Wildman–Crippen MR) is 111 cm³/mol. The molecule has 0 aliphatic carbocycles. The first-order chi connectivity index (χ1) is 12.9. The Kier molecular flexibility index (Phi) is 5.88. The van der Waals surface area contributed by atoms with E-state index in [9.17, 15) is 4.79 Å². The molecule has 0 atom stereocenters. The second-order valence-corrected chi connectivity index (χ2v) is 7.60. The molecule has 3 aromatic rings. The monoisotopic (exact) mass is 401 g/mol. The van der Waals surface area contributed by atoms with Crippen LogP contribution >= 0.6 is 23.2 Å². The lowest BCUT2D eigenvalue weighted by Gasteiger charge is -2.14. The SMILES string of the molecule is CNC(=O)c1nc(CC(C)C)n(-c2cccc(Cl)c2)c1-c1cccc(Cl)c1. The van der Waals surface area contributed by atoms with Gasteiger partial charge in [0.05, 0.1) is 5.69 Å². The molecule has 0 saturated carbocycles. The molecular formula is C21H21Cl2N3O. The number of carbonyl (C=O) groups excluding carboxylic acids is 1. The third kappa shape index (κ3) is 4.18. The van der Waals surface area contributed by atoms with Crippen LogP contribution in [0.3, 0.4) is 0 Å². The van der Waals surface area contributed by atoms with Crippen molar-refractivity contribution in [3.05, 3.63) is 70.1 Å². The number of nitrogens with zero attached hydrogens (tertiary/aromatic N) is 2. The number of hydrogen-bond donors (Lipinski definition) is 1. The summed E-state index contributed by atoms with van der Waals surface area (Å²) >= 11 is 12.5. The fourth-order valence-electron chi connectivity index (χ4n) is 3.04. The van der Waals surface area contributed by atoms with Gasteiger partial charge in [-0.2, -0.15) is 0 Å². The largest absolute Gasteiger partial charge is 0.354 e. The topological polar surface area (TPSA) is 46.9 Å². The van der Waals surface area contributed by atoms with Gasteiger partial charge in [0, 0.05) is 34.8 Å². The van der Waals surface area contributed by atoms with Crippen molar-refractivity contribution in [1.82, 2.24) is 14.9 Å². The molecule has 0 aliphatic rings. The van der Waals surface area contributed by atoms with Crippen molar-refractivity contribution in [2.75, 3.05) is 7.05 Å². The van der Waals surface area contributed by atoms with Crippen molar-refractivity contribution < 1.29 is 4.79 Å². The van der Waals surface area contributed by atoms with E-state index in [-0.39, 0.29) is 5.91 Å². The summed E-state index contributed by atoms with van der Waals surface area (Å²) in [6.45, 7) is 4.24. The van der Waals surface area contributed by atoms with Crippen LogP contribution in [0.5, 0.6) is 0 Å². The van der Waals surface area contributed by atoms with Crippen molar-refractivity contribution in [2.45, 2.75) is 20.3 Å². The van der Waals surface area contributed by atoms with Crippen molar-refractivity contribution in [3.63, 3.8) is 0 Å². The lowest BCUT2D eigenvalue weighted by atomic mass is 10.1. The van der Waals surface area contributed by atoms with Crippen LogP contribution in [-0.4, -0.2) is 22.5 Å². The second kappa shape index (κ2) is 8.15. The maximum atomic E-state index is 12.6. The van der Waals surface area contributed by atoms with E-state index < -0.39 is 0 Å². The summed E-state index contributed by atoms with van der Waals surface area (Å²) in [4.78, 5) is 17.3. The van der Waals surface area contributed by atoms with Gasteiger partial charge in [-0.05, 0) is 36.2 Å². The third-order valence-corrected chi connectivity index (χ3v) is 4.61. The number of hydrogen-bond acceptors (Lipinski definition) is 2. The van der Waals surface area contributed by atoms with Crippen LogP contribution in [0.25, 0.3) is 16.9 Å². The average molecular weight is 402 g/mol. The Morgan fingerprint density at radius 3 is 2.37 bits per heavy atom. The number of imidazole rings is 1. The predicted octanol–water partition coefficient (Wildman–Crippen LogP) is 5.40. The van der Waals surface area contributed by atoms with Crippen LogP contribution < -0.4 is 5.32 Å². The average Bonchev–Trinajstić information content (AvgIpc) is 2.99. The number of amides is 1. The Bertz CT molecular complexity index is 979. The Morgan fingerprint density at radius 1 is 1.11 bits per heavy atom. The molecule has 1 N–H and O–H groups in total. The number of benzene rings is 2. The van der Waals surface area contributed by atoms with E-state index in [1.165, 1.54) is 0 Å². The van der Waals surface area contributed by atoms with Gasteiger partial charge in [-0.3, -0.25) is 9.36 Å². The number of rotatable bonds is 5. The molecule has 0 unspecified atom stereocenters. The lowest BCUT2D eigenvalue weighted by Crippen LogP contribution is -2.19. The van der Waals surface area contributed by atoms with Crippen molar-refractivity contribution >= 4 is 29.1 Å². The minimum atomic E-state index is -0.240. The fourth-order valence-corrected chi connectivity index (χ4v) is 3.42. The molecule has 0 saturated heterocycles. The number of nitrogens with one attached hydrogen (secondary N) is 1. The number of carbonyl (C=O) groups is 1. The molecule has 4 nitrogen and oxygen atoms in total. The molecule has 0 bridgehead atoms. The third-order valence-electron chi connectivity index (χ3n) is 4.14. The van der Waals surface area contributed by atoms with E-state index in [4.69, 9.17) is 28.2 Å². The summed E-state index contributed by atoms with van der Waals surface area (Å²) in [5.41, 5.74) is 2.75. The lowest BCUT2D eigenvalue weighted by molar-refractivity contribution is 0.0959. The van der Waals surface area contributed by atoms with Gasteiger partial charge in [0.1, 0.15) is 5.82 Å². The van der Waals surface area contributed by atoms with Gasteiger partial charge in [0.25, 0.3) is 5.91 Å². The van der Waals surface area contributed by atoms with Gasteiger partial charge in [0.2, 0.25) is 0 Å². The van der Waals surface area contributed by atoms with E-state index in [1.807, 2.05) is 47.0 Å². The van der Waals surface area contributed by atoms with Crippen LogP contribution in [0, 0.1) is 5.92 Å². The van der Waals surface area contributed by atoms with Gasteiger partial charge < -0.3 is 5.32 Å². The maximum absolute atomic E-state index is 12.6. The van der Waals surface area contributed by atoms with Gasteiger partial charge >= 0.3 is 0 Å². The summed E-state index contributed by atoms with van der Waals surface area (Å²) in [7, 11) is 1.60. The van der Waals surface area contributed by atoms with Crippen LogP contribution in [0.1, 0.15) is 30.2 Å². The molecule has 140 valence electrons. The summed E-state index contributed by atoms with van der Waals surface area (Å²) in [5, 5.41) is 3.91. The molecule has 0 spiro atoms. The highest BCUT2D eigenvalue weighted by atomic mass is 35.5. The summed E-state index contributed by atoms with van der Waals surface area (Å²) in [6, 6.07) is 15.0. The Labute approximate surface area is 169 Å². The van der Waals surface area contributed by atoms with E-state index in [0.717, 1.165) is 23.5 Å². The molecule has 27 heavy (non-hydrogen) atoms. The zero-order valence-corrected chi connectivity index (χ0v) is 17.0. The van der Waals surface area contributed by atoms with Gasteiger partial charge in [0.15, 0.2) is 5.69 Å².